The molecule has 0 heterocycles. The standard InChI is InChI=1S/C6H11NO2/c1-3-4(2)5(7)6(8)9/h5H,2-3,7H2,1H3,(H,8,9)/t5-/m0/s1. The van der Waals surface area contributed by atoms with Gasteiger partial charge in [-0.05, 0) is 12.0 Å². The second kappa shape index (κ2) is 3.25. The molecule has 0 spiro atoms. The average molecular weight is 129 g/mol. The molecule has 0 aromatic rings. The van der Waals surface area contributed by atoms with E-state index in [2.05, 4.69) is 6.58 Å². The Balaban J connectivity index is 3.88. The number of hydrogen-bond donors (Lipinski definition) is 2. The van der Waals surface area contributed by atoms with Crippen molar-refractivity contribution < 1.29 is 9.90 Å². The fourth-order valence-corrected chi connectivity index (χ4v) is 0.395. The van der Waals surface area contributed by atoms with E-state index >= 15 is 0 Å². The van der Waals surface area contributed by atoms with Gasteiger partial charge in [0.2, 0.25) is 0 Å². The summed E-state index contributed by atoms with van der Waals surface area (Å²) >= 11 is 0. The summed E-state index contributed by atoms with van der Waals surface area (Å²) in [6, 6.07) is -0.894. The van der Waals surface area contributed by atoms with Crippen LogP contribution in [0.5, 0.6) is 0 Å². The lowest BCUT2D eigenvalue weighted by Gasteiger charge is -2.05. The van der Waals surface area contributed by atoms with E-state index in [1.54, 1.807) is 0 Å². The van der Waals surface area contributed by atoms with Gasteiger partial charge in [0.1, 0.15) is 6.04 Å². The van der Waals surface area contributed by atoms with Crippen molar-refractivity contribution in [2.75, 3.05) is 0 Å². The average Bonchev–Trinajstić information content (AvgIpc) is 1.84. The van der Waals surface area contributed by atoms with Crippen LogP contribution in [-0.4, -0.2) is 17.1 Å². The molecule has 0 rings (SSSR count). The molecule has 3 nitrogen and oxygen atoms in total. The molecule has 0 bridgehead atoms. The number of carboxylic acids is 1. The van der Waals surface area contributed by atoms with E-state index < -0.39 is 12.0 Å². The van der Waals surface area contributed by atoms with Crippen LogP contribution in [0.1, 0.15) is 13.3 Å². The van der Waals surface area contributed by atoms with Crippen LogP contribution in [0, 0.1) is 0 Å². The Kier molecular flexibility index (Phi) is 2.95. The fourth-order valence-electron chi connectivity index (χ4n) is 0.395. The maximum Gasteiger partial charge on any atom is 0.324 e. The summed E-state index contributed by atoms with van der Waals surface area (Å²) in [5, 5.41) is 8.30. The van der Waals surface area contributed by atoms with E-state index in [4.69, 9.17) is 10.8 Å². The van der Waals surface area contributed by atoms with Crippen molar-refractivity contribution in [1.29, 1.82) is 0 Å². The SMILES string of the molecule is C=C(CC)[C@H](N)C(=O)O. The third-order valence-corrected chi connectivity index (χ3v) is 1.16. The quantitative estimate of drug-likeness (QED) is 0.541. The van der Waals surface area contributed by atoms with Gasteiger partial charge >= 0.3 is 5.97 Å². The number of carboxylic acid groups (broad SMARTS) is 1. The molecule has 0 aliphatic carbocycles. The molecule has 9 heavy (non-hydrogen) atoms. The minimum Gasteiger partial charge on any atom is -0.480 e. The van der Waals surface area contributed by atoms with Crippen LogP contribution in [0.2, 0.25) is 0 Å². The van der Waals surface area contributed by atoms with Crippen molar-refractivity contribution in [3.8, 4) is 0 Å². The Hall–Kier alpha value is -0.830. The van der Waals surface area contributed by atoms with Crippen LogP contribution in [0.3, 0.4) is 0 Å². The molecule has 0 fully saturated rings. The number of hydrogen-bond acceptors (Lipinski definition) is 2. The lowest BCUT2D eigenvalue weighted by atomic mass is 10.1. The first-order valence-corrected chi connectivity index (χ1v) is 2.75. The number of carbonyl (C=O) groups is 1. The molecule has 0 amide bonds. The minimum atomic E-state index is -1.01. The largest absolute Gasteiger partial charge is 0.480 e. The molecule has 0 aromatic heterocycles. The van der Waals surface area contributed by atoms with E-state index in [-0.39, 0.29) is 0 Å². The Labute approximate surface area is 54.2 Å². The summed E-state index contributed by atoms with van der Waals surface area (Å²) < 4.78 is 0. The monoisotopic (exact) mass is 129 g/mol. The van der Waals surface area contributed by atoms with Crippen molar-refractivity contribution in [2.45, 2.75) is 19.4 Å². The van der Waals surface area contributed by atoms with Gasteiger partial charge in [0.25, 0.3) is 0 Å². The van der Waals surface area contributed by atoms with E-state index in [9.17, 15) is 4.79 Å². The normalized spacial score (nSPS) is 12.7. The van der Waals surface area contributed by atoms with Gasteiger partial charge in [0, 0.05) is 0 Å². The first kappa shape index (κ1) is 8.17. The van der Waals surface area contributed by atoms with Crippen molar-refractivity contribution >= 4 is 5.97 Å². The van der Waals surface area contributed by atoms with E-state index in [0.717, 1.165) is 0 Å². The van der Waals surface area contributed by atoms with Crippen LogP contribution in [0.15, 0.2) is 12.2 Å². The van der Waals surface area contributed by atoms with E-state index in [0.29, 0.717) is 12.0 Å². The second-order valence-corrected chi connectivity index (χ2v) is 1.83. The Morgan fingerprint density at radius 1 is 1.89 bits per heavy atom. The third-order valence-electron chi connectivity index (χ3n) is 1.16. The maximum atomic E-state index is 10.1. The summed E-state index contributed by atoms with van der Waals surface area (Å²) in [4.78, 5) is 10.1. The molecular weight excluding hydrogens is 118 g/mol. The molecule has 0 saturated carbocycles. The van der Waals surface area contributed by atoms with Crippen molar-refractivity contribution in [3.63, 3.8) is 0 Å². The fraction of sp³-hybridized carbons (Fsp3) is 0.500. The molecule has 0 saturated heterocycles. The molecule has 0 radical (unpaired) electrons. The Morgan fingerprint density at radius 2 is 2.33 bits per heavy atom. The first-order chi connectivity index (χ1) is 4.09. The highest BCUT2D eigenvalue weighted by Crippen LogP contribution is 2.00. The van der Waals surface area contributed by atoms with Gasteiger partial charge in [-0.1, -0.05) is 13.5 Å². The molecule has 3 heteroatoms. The van der Waals surface area contributed by atoms with E-state index in [1.807, 2.05) is 6.92 Å². The second-order valence-electron chi connectivity index (χ2n) is 1.83. The molecule has 0 unspecified atom stereocenters. The van der Waals surface area contributed by atoms with Crippen LogP contribution < -0.4 is 5.73 Å². The van der Waals surface area contributed by atoms with Gasteiger partial charge in [-0.25, -0.2) is 0 Å². The van der Waals surface area contributed by atoms with Gasteiger partial charge in [-0.3, -0.25) is 4.79 Å². The first-order valence-electron chi connectivity index (χ1n) is 2.75. The summed E-state index contributed by atoms with van der Waals surface area (Å²) in [5.74, 6) is -1.01. The predicted molar refractivity (Wildman–Crippen MR) is 35.0 cm³/mol. The molecule has 1 atom stereocenters. The van der Waals surface area contributed by atoms with Crippen molar-refractivity contribution in [2.24, 2.45) is 5.73 Å². The summed E-state index contributed by atoms with van der Waals surface area (Å²) in [6.45, 7) is 5.31. The van der Waals surface area contributed by atoms with E-state index in [1.165, 1.54) is 0 Å². The highest BCUT2D eigenvalue weighted by Gasteiger charge is 2.12. The minimum absolute atomic E-state index is 0.558. The maximum absolute atomic E-state index is 10.1. The van der Waals surface area contributed by atoms with Crippen LogP contribution in [-0.2, 0) is 4.79 Å². The lowest BCUT2D eigenvalue weighted by molar-refractivity contribution is -0.137. The Bertz CT molecular complexity index is 131. The number of rotatable bonds is 3. The van der Waals surface area contributed by atoms with Gasteiger partial charge in [-0.2, -0.15) is 0 Å². The molecule has 0 aromatic carbocycles. The highest BCUT2D eigenvalue weighted by atomic mass is 16.4. The lowest BCUT2D eigenvalue weighted by Crippen LogP contribution is -2.31. The van der Waals surface area contributed by atoms with Crippen LogP contribution in [0.4, 0.5) is 0 Å². The summed E-state index contributed by atoms with van der Waals surface area (Å²) in [6.07, 6.45) is 0.619. The van der Waals surface area contributed by atoms with Gasteiger partial charge < -0.3 is 10.8 Å². The molecule has 0 aliphatic heterocycles. The van der Waals surface area contributed by atoms with Crippen molar-refractivity contribution in [3.05, 3.63) is 12.2 Å². The molecule has 52 valence electrons. The number of nitrogens with two attached hydrogens (primary N) is 1. The van der Waals surface area contributed by atoms with Gasteiger partial charge in [0.15, 0.2) is 0 Å². The Morgan fingerprint density at radius 3 is 2.44 bits per heavy atom. The summed E-state index contributed by atoms with van der Waals surface area (Å²) in [7, 11) is 0. The third kappa shape index (κ3) is 2.28. The zero-order valence-electron chi connectivity index (χ0n) is 5.42. The van der Waals surface area contributed by atoms with Gasteiger partial charge in [0.05, 0.1) is 0 Å². The zero-order chi connectivity index (χ0) is 7.44. The van der Waals surface area contributed by atoms with Gasteiger partial charge in [-0.15, -0.1) is 0 Å². The predicted octanol–water partition coefficient (Wildman–Crippen LogP) is 0.365. The highest BCUT2D eigenvalue weighted by molar-refractivity contribution is 5.76. The zero-order valence-corrected chi connectivity index (χ0v) is 5.42. The smallest absolute Gasteiger partial charge is 0.324 e. The topological polar surface area (TPSA) is 63.3 Å². The van der Waals surface area contributed by atoms with Crippen LogP contribution >= 0.6 is 0 Å². The number of aliphatic carboxylic acids is 1. The molecule has 0 aliphatic rings. The van der Waals surface area contributed by atoms with Crippen LogP contribution in [0.25, 0.3) is 0 Å². The molecule has 3 N–H and O–H groups in total. The summed E-state index contributed by atoms with van der Waals surface area (Å²) in [5.41, 5.74) is 5.73. The van der Waals surface area contributed by atoms with Crippen molar-refractivity contribution in [1.82, 2.24) is 0 Å². The molecular formula is C6H11NO2.